The van der Waals surface area contributed by atoms with E-state index in [-0.39, 0.29) is 5.91 Å². The molecule has 0 spiro atoms. The third kappa shape index (κ3) is 2.56. The summed E-state index contributed by atoms with van der Waals surface area (Å²) in [7, 11) is 1.81. The molecule has 0 fully saturated rings. The monoisotopic (exact) mass is 277 g/mol. The van der Waals surface area contributed by atoms with Gasteiger partial charge in [0, 0.05) is 30.8 Å². The largest absolute Gasteiger partial charge is 0.330 e. The molecule has 0 aliphatic heterocycles. The van der Waals surface area contributed by atoms with E-state index < -0.39 is 0 Å². The molecule has 104 valence electrons. The van der Waals surface area contributed by atoms with Gasteiger partial charge in [-0.25, -0.2) is 4.98 Å². The minimum Gasteiger partial charge on any atom is -0.330 e. The number of hydrogen-bond acceptors (Lipinski definition) is 2. The van der Waals surface area contributed by atoms with Gasteiger partial charge in [0.15, 0.2) is 5.82 Å². The summed E-state index contributed by atoms with van der Waals surface area (Å²) in [5.74, 6) is 0.252. The van der Waals surface area contributed by atoms with E-state index >= 15 is 0 Å². The normalized spacial score (nSPS) is 10.3. The molecule has 21 heavy (non-hydrogen) atoms. The highest BCUT2D eigenvalue weighted by Crippen LogP contribution is 2.26. The van der Waals surface area contributed by atoms with Crippen molar-refractivity contribution in [3.05, 3.63) is 78.9 Å². The highest BCUT2D eigenvalue weighted by molar-refractivity contribution is 6.08. The summed E-state index contributed by atoms with van der Waals surface area (Å²) >= 11 is 0. The van der Waals surface area contributed by atoms with Gasteiger partial charge in [0.1, 0.15) is 0 Å². The van der Waals surface area contributed by atoms with Crippen molar-refractivity contribution in [3.63, 3.8) is 0 Å². The van der Waals surface area contributed by atoms with Gasteiger partial charge in [0.2, 0.25) is 0 Å². The zero-order valence-electron chi connectivity index (χ0n) is 11.7. The standard InChI is InChI=1S/C17H15N3O/c1-19-13-12-18-16(19)17(21)20(14-8-4-2-5-9-14)15-10-6-3-7-11-15/h2-13H,1H3. The molecule has 1 amide bonds. The van der Waals surface area contributed by atoms with E-state index in [0.29, 0.717) is 5.82 Å². The number of carbonyl (C=O) groups is 1. The first kappa shape index (κ1) is 13.1. The van der Waals surface area contributed by atoms with Gasteiger partial charge >= 0.3 is 0 Å². The van der Waals surface area contributed by atoms with Crippen molar-refractivity contribution in [2.24, 2.45) is 7.05 Å². The van der Waals surface area contributed by atoms with Gasteiger partial charge in [-0.1, -0.05) is 36.4 Å². The molecular formula is C17H15N3O. The van der Waals surface area contributed by atoms with Gasteiger partial charge in [0.25, 0.3) is 5.91 Å². The first-order valence-corrected chi connectivity index (χ1v) is 6.69. The number of amides is 1. The Morgan fingerprint density at radius 1 is 0.952 bits per heavy atom. The summed E-state index contributed by atoms with van der Waals surface area (Å²) in [6, 6.07) is 19.2. The van der Waals surface area contributed by atoms with Gasteiger partial charge in [-0.15, -0.1) is 0 Å². The number of aromatic nitrogens is 2. The maximum absolute atomic E-state index is 12.9. The smallest absolute Gasteiger partial charge is 0.298 e. The number of rotatable bonds is 3. The lowest BCUT2D eigenvalue weighted by molar-refractivity contribution is 0.0986. The van der Waals surface area contributed by atoms with Gasteiger partial charge in [-0.2, -0.15) is 0 Å². The molecule has 1 aromatic heterocycles. The molecule has 0 unspecified atom stereocenters. The Morgan fingerprint density at radius 3 is 1.90 bits per heavy atom. The predicted molar refractivity (Wildman–Crippen MR) is 82.6 cm³/mol. The molecule has 0 bridgehead atoms. The fourth-order valence-corrected chi connectivity index (χ4v) is 2.21. The molecule has 0 N–H and O–H groups in total. The minimum atomic E-state index is -0.153. The lowest BCUT2D eigenvalue weighted by Crippen LogP contribution is -2.28. The molecule has 4 nitrogen and oxygen atoms in total. The zero-order chi connectivity index (χ0) is 14.7. The van der Waals surface area contributed by atoms with Crippen LogP contribution >= 0.6 is 0 Å². The SMILES string of the molecule is Cn1ccnc1C(=O)N(c1ccccc1)c1ccccc1. The number of anilines is 2. The highest BCUT2D eigenvalue weighted by Gasteiger charge is 2.22. The van der Waals surface area contributed by atoms with Crippen molar-refractivity contribution in [1.29, 1.82) is 0 Å². The number of aryl methyl sites for hydroxylation is 1. The van der Waals surface area contributed by atoms with E-state index in [9.17, 15) is 4.79 Å². The van der Waals surface area contributed by atoms with Crippen molar-refractivity contribution in [2.75, 3.05) is 4.90 Å². The highest BCUT2D eigenvalue weighted by atomic mass is 16.2. The lowest BCUT2D eigenvalue weighted by Gasteiger charge is -2.22. The van der Waals surface area contributed by atoms with Crippen LogP contribution in [0.5, 0.6) is 0 Å². The van der Waals surface area contributed by atoms with E-state index in [1.165, 1.54) is 0 Å². The predicted octanol–water partition coefficient (Wildman–Crippen LogP) is 3.40. The van der Waals surface area contributed by atoms with Crippen LogP contribution in [0.2, 0.25) is 0 Å². The summed E-state index contributed by atoms with van der Waals surface area (Å²) in [6.45, 7) is 0. The van der Waals surface area contributed by atoms with E-state index in [0.717, 1.165) is 11.4 Å². The molecule has 3 aromatic rings. The van der Waals surface area contributed by atoms with Gasteiger partial charge in [-0.3, -0.25) is 9.69 Å². The van der Waals surface area contributed by atoms with E-state index in [2.05, 4.69) is 4.98 Å². The third-order valence-electron chi connectivity index (χ3n) is 3.24. The van der Waals surface area contributed by atoms with Crippen LogP contribution in [0.15, 0.2) is 73.1 Å². The maximum Gasteiger partial charge on any atom is 0.298 e. The Balaban J connectivity index is 2.09. The van der Waals surface area contributed by atoms with E-state index in [4.69, 9.17) is 0 Å². The third-order valence-corrected chi connectivity index (χ3v) is 3.24. The molecular weight excluding hydrogens is 262 g/mol. The molecule has 0 saturated carbocycles. The molecule has 0 atom stereocenters. The van der Waals surface area contributed by atoms with E-state index in [1.54, 1.807) is 21.9 Å². The van der Waals surface area contributed by atoms with Crippen LogP contribution in [-0.2, 0) is 7.05 Å². The van der Waals surface area contributed by atoms with Crippen LogP contribution in [0.4, 0.5) is 11.4 Å². The molecule has 1 heterocycles. The Labute approximate surface area is 123 Å². The topological polar surface area (TPSA) is 38.1 Å². The first-order valence-electron chi connectivity index (χ1n) is 6.69. The molecule has 2 aromatic carbocycles. The molecule has 0 radical (unpaired) electrons. The van der Waals surface area contributed by atoms with E-state index in [1.807, 2.05) is 67.7 Å². The Hall–Kier alpha value is -2.88. The van der Waals surface area contributed by atoms with Crippen LogP contribution in [0.1, 0.15) is 10.6 Å². The fourth-order valence-electron chi connectivity index (χ4n) is 2.21. The van der Waals surface area contributed by atoms with Gasteiger partial charge in [0.05, 0.1) is 0 Å². The number of carbonyl (C=O) groups excluding carboxylic acids is 1. The maximum atomic E-state index is 12.9. The summed E-state index contributed by atoms with van der Waals surface area (Å²) in [6.07, 6.45) is 3.39. The van der Waals surface area contributed by atoms with Crippen molar-refractivity contribution in [2.45, 2.75) is 0 Å². The van der Waals surface area contributed by atoms with Crippen LogP contribution in [0.25, 0.3) is 0 Å². The quantitative estimate of drug-likeness (QED) is 0.736. The molecule has 0 aliphatic carbocycles. The van der Waals surface area contributed by atoms with Crippen molar-refractivity contribution >= 4 is 17.3 Å². The fraction of sp³-hybridized carbons (Fsp3) is 0.0588. The number of imidazole rings is 1. The summed E-state index contributed by atoms with van der Waals surface area (Å²) in [4.78, 5) is 18.7. The second-order valence-corrected chi connectivity index (χ2v) is 4.67. The Morgan fingerprint density at radius 2 is 1.48 bits per heavy atom. The minimum absolute atomic E-state index is 0.153. The van der Waals surface area contributed by atoms with Crippen molar-refractivity contribution in [3.8, 4) is 0 Å². The van der Waals surface area contributed by atoms with Gasteiger partial charge < -0.3 is 4.57 Å². The summed E-state index contributed by atoms with van der Waals surface area (Å²) < 4.78 is 1.72. The Kier molecular flexibility index (Phi) is 3.51. The van der Waals surface area contributed by atoms with Crippen LogP contribution < -0.4 is 4.90 Å². The first-order chi connectivity index (χ1) is 10.3. The van der Waals surface area contributed by atoms with Crippen LogP contribution in [-0.4, -0.2) is 15.5 Å². The molecule has 4 heteroatoms. The second-order valence-electron chi connectivity index (χ2n) is 4.67. The number of nitrogens with zero attached hydrogens (tertiary/aromatic N) is 3. The Bertz CT molecular complexity index is 695. The molecule has 3 rings (SSSR count). The summed E-state index contributed by atoms with van der Waals surface area (Å²) in [5, 5.41) is 0. The summed E-state index contributed by atoms with van der Waals surface area (Å²) in [5.41, 5.74) is 1.63. The van der Waals surface area contributed by atoms with Crippen LogP contribution in [0.3, 0.4) is 0 Å². The lowest BCUT2D eigenvalue weighted by atomic mass is 10.2. The number of para-hydroxylation sites is 2. The second kappa shape index (κ2) is 5.63. The molecule has 0 saturated heterocycles. The van der Waals surface area contributed by atoms with Crippen molar-refractivity contribution in [1.82, 2.24) is 9.55 Å². The molecule has 0 aliphatic rings. The van der Waals surface area contributed by atoms with Gasteiger partial charge in [-0.05, 0) is 24.3 Å². The zero-order valence-corrected chi connectivity index (χ0v) is 11.7. The number of benzene rings is 2. The number of hydrogen-bond donors (Lipinski definition) is 0. The average molecular weight is 277 g/mol. The van der Waals surface area contributed by atoms with Crippen LogP contribution in [0, 0.1) is 0 Å². The van der Waals surface area contributed by atoms with Crippen molar-refractivity contribution < 1.29 is 4.79 Å². The average Bonchev–Trinajstić information content (AvgIpc) is 2.96.